The van der Waals surface area contributed by atoms with Crippen molar-refractivity contribution in [2.75, 3.05) is 45.3 Å². The van der Waals surface area contributed by atoms with E-state index >= 15 is 0 Å². The number of para-hydroxylation sites is 1. The van der Waals surface area contributed by atoms with Crippen molar-refractivity contribution in [3.8, 4) is 5.75 Å². The molecule has 0 bridgehead atoms. The molecule has 0 aliphatic rings. The van der Waals surface area contributed by atoms with E-state index in [1.54, 1.807) is 25.3 Å². The summed E-state index contributed by atoms with van der Waals surface area (Å²) in [4.78, 5) is 10.8. The van der Waals surface area contributed by atoms with Gasteiger partial charge in [-0.2, -0.15) is 0 Å². The van der Waals surface area contributed by atoms with Gasteiger partial charge in [0.25, 0.3) is 0 Å². The topological polar surface area (TPSA) is 85.7 Å². The molecule has 7 heteroatoms. The molecule has 0 aliphatic carbocycles. The Morgan fingerprint density at radius 3 is 2.71 bits per heavy atom. The molecule has 0 saturated heterocycles. The van der Waals surface area contributed by atoms with E-state index in [2.05, 4.69) is 10.6 Å². The minimum absolute atomic E-state index is 0.0113. The van der Waals surface area contributed by atoms with Gasteiger partial charge in [0.05, 0.1) is 18.1 Å². The highest BCUT2D eigenvalue weighted by Crippen LogP contribution is 2.34. The SMILES string of the molecule is CCCOc1cccc(NCCNCCOC)c1[N+](=O)[O-]. The first-order chi connectivity index (χ1) is 10.2. The van der Waals surface area contributed by atoms with Crippen LogP contribution in [0.1, 0.15) is 13.3 Å². The third kappa shape index (κ3) is 5.97. The molecular formula is C14H23N3O4. The normalized spacial score (nSPS) is 10.4. The predicted octanol–water partition coefficient (Wildman–Crippen LogP) is 2.03. The molecule has 2 N–H and O–H groups in total. The zero-order valence-electron chi connectivity index (χ0n) is 12.6. The molecule has 1 rings (SSSR count). The van der Waals surface area contributed by atoms with E-state index in [-0.39, 0.29) is 5.69 Å². The lowest BCUT2D eigenvalue weighted by Crippen LogP contribution is -2.25. The van der Waals surface area contributed by atoms with Crippen LogP contribution in [-0.2, 0) is 4.74 Å². The number of anilines is 1. The van der Waals surface area contributed by atoms with E-state index in [0.29, 0.717) is 37.7 Å². The van der Waals surface area contributed by atoms with Gasteiger partial charge in [0.1, 0.15) is 5.69 Å². The number of nitro groups is 1. The van der Waals surface area contributed by atoms with Gasteiger partial charge in [-0.15, -0.1) is 0 Å². The van der Waals surface area contributed by atoms with E-state index in [9.17, 15) is 10.1 Å². The first-order valence-electron chi connectivity index (χ1n) is 7.04. The van der Waals surface area contributed by atoms with E-state index in [4.69, 9.17) is 9.47 Å². The van der Waals surface area contributed by atoms with Crippen LogP contribution in [0.4, 0.5) is 11.4 Å². The summed E-state index contributed by atoms with van der Waals surface area (Å²) in [7, 11) is 1.64. The van der Waals surface area contributed by atoms with E-state index < -0.39 is 4.92 Å². The van der Waals surface area contributed by atoms with Gasteiger partial charge >= 0.3 is 5.69 Å². The largest absolute Gasteiger partial charge is 0.487 e. The Balaban J connectivity index is 2.61. The molecule has 0 atom stereocenters. The number of rotatable bonds is 11. The van der Waals surface area contributed by atoms with Gasteiger partial charge in [0.2, 0.25) is 0 Å². The van der Waals surface area contributed by atoms with E-state index in [1.165, 1.54) is 0 Å². The first kappa shape index (κ1) is 17.2. The highest BCUT2D eigenvalue weighted by Gasteiger charge is 2.20. The summed E-state index contributed by atoms with van der Waals surface area (Å²) in [6.07, 6.45) is 0.804. The van der Waals surface area contributed by atoms with Crippen LogP contribution in [0.2, 0.25) is 0 Å². The van der Waals surface area contributed by atoms with Crippen LogP contribution in [-0.4, -0.2) is 44.9 Å². The van der Waals surface area contributed by atoms with Crippen LogP contribution in [0.25, 0.3) is 0 Å². The van der Waals surface area contributed by atoms with Gasteiger partial charge in [0, 0.05) is 26.7 Å². The minimum Gasteiger partial charge on any atom is -0.487 e. The quantitative estimate of drug-likeness (QED) is 0.369. The lowest BCUT2D eigenvalue weighted by Gasteiger charge is -2.11. The van der Waals surface area contributed by atoms with Crippen molar-refractivity contribution in [2.24, 2.45) is 0 Å². The number of nitro benzene ring substituents is 1. The molecule has 0 radical (unpaired) electrons. The van der Waals surface area contributed by atoms with Gasteiger partial charge in [-0.05, 0) is 18.6 Å². The number of hydrogen-bond acceptors (Lipinski definition) is 6. The zero-order valence-corrected chi connectivity index (χ0v) is 12.6. The van der Waals surface area contributed by atoms with Crippen molar-refractivity contribution in [2.45, 2.75) is 13.3 Å². The summed E-state index contributed by atoms with van der Waals surface area (Å²) >= 11 is 0. The van der Waals surface area contributed by atoms with Gasteiger partial charge in [-0.1, -0.05) is 13.0 Å². The Labute approximate surface area is 124 Å². The average molecular weight is 297 g/mol. The Bertz CT molecular complexity index is 440. The maximum absolute atomic E-state index is 11.2. The van der Waals surface area contributed by atoms with Crippen molar-refractivity contribution in [1.29, 1.82) is 0 Å². The molecule has 0 spiro atoms. The molecule has 0 fully saturated rings. The number of methoxy groups -OCH3 is 1. The Hall–Kier alpha value is -1.86. The molecule has 0 aromatic heterocycles. The van der Waals surface area contributed by atoms with Crippen LogP contribution in [0.3, 0.4) is 0 Å². The maximum atomic E-state index is 11.2. The second-order valence-electron chi connectivity index (χ2n) is 4.43. The van der Waals surface area contributed by atoms with Crippen molar-refractivity contribution in [3.05, 3.63) is 28.3 Å². The van der Waals surface area contributed by atoms with E-state index in [0.717, 1.165) is 13.0 Å². The number of benzene rings is 1. The van der Waals surface area contributed by atoms with Gasteiger partial charge < -0.3 is 20.1 Å². The van der Waals surface area contributed by atoms with Gasteiger partial charge in [0.15, 0.2) is 5.75 Å². The molecular weight excluding hydrogens is 274 g/mol. The summed E-state index contributed by atoms with van der Waals surface area (Å²) in [6, 6.07) is 5.06. The van der Waals surface area contributed by atoms with Crippen molar-refractivity contribution in [1.82, 2.24) is 5.32 Å². The third-order valence-electron chi connectivity index (χ3n) is 2.74. The van der Waals surface area contributed by atoms with Crippen molar-refractivity contribution >= 4 is 11.4 Å². The Kier molecular flexibility index (Phi) is 8.15. The summed E-state index contributed by atoms with van der Waals surface area (Å²) in [5.41, 5.74) is 0.463. The fourth-order valence-corrected chi connectivity index (χ4v) is 1.77. The number of nitrogens with one attached hydrogen (secondary N) is 2. The molecule has 0 unspecified atom stereocenters. The molecule has 7 nitrogen and oxygen atoms in total. The molecule has 1 aromatic carbocycles. The van der Waals surface area contributed by atoms with Crippen molar-refractivity contribution < 1.29 is 14.4 Å². The van der Waals surface area contributed by atoms with Crippen molar-refractivity contribution in [3.63, 3.8) is 0 Å². The lowest BCUT2D eigenvalue weighted by molar-refractivity contribution is -0.385. The van der Waals surface area contributed by atoms with E-state index in [1.807, 2.05) is 6.92 Å². The number of nitrogens with zero attached hydrogens (tertiary/aromatic N) is 1. The standard InChI is InChI=1S/C14H23N3O4/c1-3-10-21-13-6-4-5-12(14(13)17(18)19)16-8-7-15-9-11-20-2/h4-6,15-16H,3,7-11H2,1-2H3. The second kappa shape index (κ2) is 9.95. The highest BCUT2D eigenvalue weighted by molar-refractivity contribution is 5.68. The highest BCUT2D eigenvalue weighted by atomic mass is 16.6. The van der Waals surface area contributed by atoms with Crippen LogP contribution < -0.4 is 15.4 Å². The molecule has 1 aromatic rings. The molecule has 0 aliphatic heterocycles. The Morgan fingerprint density at radius 2 is 2.05 bits per heavy atom. The third-order valence-corrected chi connectivity index (χ3v) is 2.74. The van der Waals surface area contributed by atoms with Crippen LogP contribution in [0.5, 0.6) is 5.75 Å². The second-order valence-corrected chi connectivity index (χ2v) is 4.43. The summed E-state index contributed by atoms with van der Waals surface area (Å²) < 4.78 is 10.4. The minimum atomic E-state index is -0.411. The monoisotopic (exact) mass is 297 g/mol. The van der Waals surface area contributed by atoms with Crippen LogP contribution >= 0.6 is 0 Å². The fraction of sp³-hybridized carbons (Fsp3) is 0.571. The Morgan fingerprint density at radius 1 is 1.24 bits per heavy atom. The smallest absolute Gasteiger partial charge is 0.333 e. The van der Waals surface area contributed by atoms with Gasteiger partial charge in [-0.25, -0.2) is 0 Å². The summed E-state index contributed by atoms with van der Waals surface area (Å²) in [5, 5.41) is 17.5. The first-order valence-corrected chi connectivity index (χ1v) is 7.04. The molecule has 0 amide bonds. The average Bonchev–Trinajstić information content (AvgIpc) is 2.48. The number of hydrogen-bond donors (Lipinski definition) is 2. The molecule has 118 valence electrons. The summed E-state index contributed by atoms with van der Waals surface area (Å²) in [5.74, 6) is 0.305. The van der Waals surface area contributed by atoms with Crippen LogP contribution in [0, 0.1) is 10.1 Å². The number of ether oxygens (including phenoxy) is 2. The maximum Gasteiger partial charge on any atom is 0.333 e. The zero-order chi connectivity index (χ0) is 15.5. The predicted molar refractivity (Wildman–Crippen MR) is 82.1 cm³/mol. The van der Waals surface area contributed by atoms with Crippen LogP contribution in [0.15, 0.2) is 18.2 Å². The molecule has 0 heterocycles. The lowest BCUT2D eigenvalue weighted by atomic mass is 10.2. The van der Waals surface area contributed by atoms with Gasteiger partial charge in [-0.3, -0.25) is 10.1 Å². The molecule has 0 saturated carbocycles. The summed E-state index contributed by atoms with van der Waals surface area (Å²) in [6.45, 7) is 5.09. The fourth-order valence-electron chi connectivity index (χ4n) is 1.77. The molecule has 21 heavy (non-hydrogen) atoms.